The molecule has 1 amide bonds. The van der Waals surface area contributed by atoms with Crippen LogP contribution in [0.15, 0.2) is 12.5 Å². The Morgan fingerprint density at radius 3 is 2.52 bits per heavy atom. The molecule has 0 N–H and O–H groups in total. The zero-order valence-corrected chi connectivity index (χ0v) is 14.0. The van der Waals surface area contributed by atoms with Crippen molar-refractivity contribution >= 4 is 6.09 Å². The van der Waals surface area contributed by atoms with E-state index in [2.05, 4.69) is 30.3 Å². The molecule has 1 aromatic rings. The van der Waals surface area contributed by atoms with Gasteiger partial charge >= 0.3 is 6.09 Å². The van der Waals surface area contributed by atoms with Gasteiger partial charge in [-0.3, -0.25) is 0 Å². The van der Waals surface area contributed by atoms with Crippen LogP contribution in [0.3, 0.4) is 0 Å². The van der Waals surface area contributed by atoms with E-state index in [1.807, 2.05) is 33.3 Å². The van der Waals surface area contributed by atoms with E-state index in [-0.39, 0.29) is 11.6 Å². The molecule has 0 spiro atoms. The Bertz CT molecular complexity index is 508. The Kier molecular flexibility index (Phi) is 4.04. The lowest BCUT2D eigenvalue weighted by molar-refractivity contribution is 0.0292. The van der Waals surface area contributed by atoms with Crippen molar-refractivity contribution in [3.05, 3.63) is 18.2 Å². The summed E-state index contributed by atoms with van der Waals surface area (Å²) in [5.74, 6) is 0.333. The molecule has 1 aromatic heterocycles. The van der Waals surface area contributed by atoms with Crippen LogP contribution in [0.4, 0.5) is 4.79 Å². The van der Waals surface area contributed by atoms with Crippen LogP contribution >= 0.6 is 0 Å². The third-order valence-corrected chi connectivity index (χ3v) is 3.65. The van der Waals surface area contributed by atoms with Crippen LogP contribution in [0.5, 0.6) is 0 Å². The molecule has 0 saturated carbocycles. The Hall–Kier alpha value is -1.52. The van der Waals surface area contributed by atoms with Gasteiger partial charge in [0.25, 0.3) is 0 Å². The van der Waals surface area contributed by atoms with E-state index >= 15 is 0 Å². The second-order valence-electron chi connectivity index (χ2n) is 7.77. The fraction of sp³-hybridized carbons (Fsp3) is 0.750. The summed E-state index contributed by atoms with van der Waals surface area (Å²) in [5.41, 5.74) is 0.765. The molecular formula is C16H27N3O2. The number of hydrogen-bond donors (Lipinski definition) is 0. The first kappa shape index (κ1) is 15.9. The number of aromatic nitrogens is 2. The lowest BCUT2D eigenvalue weighted by Gasteiger charge is -2.26. The molecule has 1 atom stereocenters. The molecule has 1 unspecified atom stereocenters. The van der Waals surface area contributed by atoms with Crippen LogP contribution in [0, 0.1) is 0 Å². The Morgan fingerprint density at radius 2 is 1.95 bits per heavy atom. The van der Waals surface area contributed by atoms with Crippen molar-refractivity contribution in [1.82, 2.24) is 14.5 Å². The molecule has 1 fully saturated rings. The number of amides is 1. The third kappa shape index (κ3) is 3.77. The van der Waals surface area contributed by atoms with Crippen molar-refractivity contribution in [2.75, 3.05) is 13.1 Å². The van der Waals surface area contributed by atoms with Gasteiger partial charge in [-0.2, -0.15) is 0 Å². The molecule has 1 saturated heterocycles. The van der Waals surface area contributed by atoms with Crippen LogP contribution in [-0.2, 0) is 10.3 Å². The third-order valence-electron chi connectivity index (χ3n) is 3.65. The van der Waals surface area contributed by atoms with Gasteiger partial charge in [0.05, 0.1) is 6.33 Å². The zero-order chi connectivity index (χ0) is 15.8. The van der Waals surface area contributed by atoms with Crippen LogP contribution in [0.25, 0.3) is 0 Å². The lowest BCUT2D eigenvalue weighted by Crippen LogP contribution is -2.35. The van der Waals surface area contributed by atoms with Crippen LogP contribution < -0.4 is 0 Å². The first-order valence-corrected chi connectivity index (χ1v) is 7.58. The van der Waals surface area contributed by atoms with E-state index in [1.165, 1.54) is 5.69 Å². The topological polar surface area (TPSA) is 47.4 Å². The molecule has 21 heavy (non-hydrogen) atoms. The molecule has 1 aliphatic rings. The van der Waals surface area contributed by atoms with E-state index < -0.39 is 5.60 Å². The average Bonchev–Trinajstić information content (AvgIpc) is 2.94. The molecule has 0 aliphatic carbocycles. The van der Waals surface area contributed by atoms with Gasteiger partial charge in [0, 0.05) is 36.4 Å². The summed E-state index contributed by atoms with van der Waals surface area (Å²) < 4.78 is 7.65. The second kappa shape index (κ2) is 5.35. The molecule has 5 nitrogen and oxygen atoms in total. The van der Waals surface area contributed by atoms with Crippen LogP contribution in [-0.4, -0.2) is 39.2 Å². The maximum atomic E-state index is 12.1. The van der Waals surface area contributed by atoms with Crippen molar-refractivity contribution in [2.24, 2.45) is 0 Å². The average molecular weight is 293 g/mol. The fourth-order valence-electron chi connectivity index (χ4n) is 2.66. The Morgan fingerprint density at radius 1 is 1.29 bits per heavy atom. The first-order valence-electron chi connectivity index (χ1n) is 7.58. The highest BCUT2D eigenvalue weighted by Crippen LogP contribution is 2.30. The van der Waals surface area contributed by atoms with E-state index in [1.54, 1.807) is 4.90 Å². The van der Waals surface area contributed by atoms with Gasteiger partial charge in [-0.25, -0.2) is 9.78 Å². The van der Waals surface area contributed by atoms with E-state index in [0.29, 0.717) is 12.5 Å². The molecule has 2 heterocycles. The number of hydrogen-bond acceptors (Lipinski definition) is 3. The molecule has 0 aromatic carbocycles. The van der Waals surface area contributed by atoms with Gasteiger partial charge in [0.1, 0.15) is 5.60 Å². The van der Waals surface area contributed by atoms with Crippen molar-refractivity contribution in [2.45, 2.75) is 65.0 Å². The molecule has 1 aliphatic heterocycles. The maximum Gasteiger partial charge on any atom is 0.410 e. The molecule has 0 bridgehead atoms. The minimum atomic E-state index is -0.442. The first-order chi connectivity index (χ1) is 9.58. The van der Waals surface area contributed by atoms with Crippen molar-refractivity contribution in [3.63, 3.8) is 0 Å². The van der Waals surface area contributed by atoms with Gasteiger partial charge < -0.3 is 14.2 Å². The van der Waals surface area contributed by atoms with Gasteiger partial charge in [0.2, 0.25) is 0 Å². The highest BCUT2D eigenvalue weighted by Gasteiger charge is 2.33. The lowest BCUT2D eigenvalue weighted by atomic mass is 10.0. The summed E-state index contributed by atoms with van der Waals surface area (Å²) in [5, 5.41) is 0. The predicted octanol–water partition coefficient (Wildman–Crippen LogP) is 3.36. The smallest absolute Gasteiger partial charge is 0.410 e. The van der Waals surface area contributed by atoms with E-state index in [0.717, 1.165) is 13.0 Å². The fourth-order valence-corrected chi connectivity index (χ4v) is 2.66. The van der Waals surface area contributed by atoms with Crippen molar-refractivity contribution < 1.29 is 9.53 Å². The maximum absolute atomic E-state index is 12.1. The molecule has 118 valence electrons. The number of rotatable bonds is 1. The van der Waals surface area contributed by atoms with Gasteiger partial charge in [-0.05, 0) is 48.0 Å². The molecule has 5 heteroatoms. The summed E-state index contributed by atoms with van der Waals surface area (Å²) >= 11 is 0. The minimum Gasteiger partial charge on any atom is -0.444 e. The Labute approximate surface area is 127 Å². The number of carbonyl (C=O) groups is 1. The molecule has 0 radical (unpaired) electrons. The summed E-state index contributed by atoms with van der Waals surface area (Å²) in [6.45, 7) is 13.6. The van der Waals surface area contributed by atoms with Crippen molar-refractivity contribution in [3.8, 4) is 0 Å². The summed E-state index contributed by atoms with van der Waals surface area (Å²) in [4.78, 5) is 18.2. The van der Waals surface area contributed by atoms with E-state index in [4.69, 9.17) is 4.74 Å². The van der Waals surface area contributed by atoms with Crippen LogP contribution in [0.1, 0.15) is 59.6 Å². The molecule has 2 rings (SSSR count). The van der Waals surface area contributed by atoms with Gasteiger partial charge in [0.15, 0.2) is 0 Å². The van der Waals surface area contributed by atoms with Crippen LogP contribution in [0.2, 0.25) is 0 Å². The number of nitrogens with zero attached hydrogens (tertiary/aromatic N) is 3. The largest absolute Gasteiger partial charge is 0.444 e. The normalized spacial score (nSPS) is 19.9. The van der Waals surface area contributed by atoms with E-state index in [9.17, 15) is 4.79 Å². The summed E-state index contributed by atoms with van der Waals surface area (Å²) in [6, 6.07) is 0. The zero-order valence-electron chi connectivity index (χ0n) is 14.0. The number of carbonyl (C=O) groups excluding carboxylic acids is 1. The van der Waals surface area contributed by atoms with Gasteiger partial charge in [-0.1, -0.05) is 0 Å². The standard InChI is InChI=1S/C16H27N3O2/c1-15(2,3)19-11-17-9-13(19)12-7-8-18(10-12)14(20)21-16(4,5)6/h9,11-12H,7-8,10H2,1-6H3. The number of imidazole rings is 1. The monoisotopic (exact) mass is 293 g/mol. The highest BCUT2D eigenvalue weighted by atomic mass is 16.6. The number of ether oxygens (including phenoxy) is 1. The summed E-state index contributed by atoms with van der Waals surface area (Å²) in [6.07, 6.45) is 4.55. The predicted molar refractivity (Wildman–Crippen MR) is 82.4 cm³/mol. The molecular weight excluding hydrogens is 266 g/mol. The quantitative estimate of drug-likeness (QED) is 0.797. The Balaban J connectivity index is 2.07. The van der Waals surface area contributed by atoms with Crippen molar-refractivity contribution in [1.29, 1.82) is 0 Å². The highest BCUT2D eigenvalue weighted by molar-refractivity contribution is 5.68. The van der Waals surface area contributed by atoms with Gasteiger partial charge in [-0.15, -0.1) is 0 Å². The number of likely N-dealkylation sites (tertiary alicyclic amines) is 1. The summed E-state index contributed by atoms with van der Waals surface area (Å²) in [7, 11) is 0. The SMILES string of the molecule is CC(C)(C)OC(=O)N1CCC(c2cncn2C(C)(C)C)C1. The minimum absolute atomic E-state index is 0.00513. The second-order valence-corrected chi connectivity index (χ2v) is 7.77.